The van der Waals surface area contributed by atoms with Gasteiger partial charge in [-0.2, -0.15) is 0 Å². The number of hydrogen-bond donors (Lipinski definition) is 0. The molecule has 3 heterocycles. The Kier molecular flexibility index (Phi) is 5.27. The summed E-state index contributed by atoms with van der Waals surface area (Å²) in [5, 5.41) is 0. The van der Waals surface area contributed by atoms with Crippen LogP contribution in [0, 0.1) is 6.92 Å². The number of hydrogen-bond acceptors (Lipinski definition) is 4. The summed E-state index contributed by atoms with van der Waals surface area (Å²) >= 11 is 1.69. The topological polar surface area (TPSA) is 43.9 Å². The minimum atomic E-state index is -0.0533. The average molecular weight is 384 g/mol. The number of thiophene rings is 1. The fourth-order valence-corrected chi connectivity index (χ4v) is 4.87. The van der Waals surface area contributed by atoms with Crippen molar-refractivity contribution in [3.63, 3.8) is 0 Å². The van der Waals surface area contributed by atoms with Crippen LogP contribution in [0.5, 0.6) is 0 Å². The number of rotatable bonds is 4. The second kappa shape index (κ2) is 7.82. The molecule has 27 heavy (non-hydrogen) atoms. The number of benzene rings is 1. The van der Waals surface area contributed by atoms with Crippen molar-refractivity contribution in [3.05, 3.63) is 52.2 Å². The Balaban J connectivity index is 1.31. The second-order valence-electron chi connectivity index (χ2n) is 7.24. The maximum absolute atomic E-state index is 12.9. The highest BCUT2D eigenvalue weighted by Gasteiger charge is 2.38. The zero-order valence-electron chi connectivity index (χ0n) is 15.6. The molecule has 0 aliphatic carbocycles. The number of aryl methyl sites for hydroxylation is 1. The number of carbonyl (C=O) groups is 2. The third-order valence-corrected chi connectivity index (χ3v) is 6.47. The molecule has 2 fully saturated rings. The van der Waals surface area contributed by atoms with Crippen molar-refractivity contribution in [2.24, 2.45) is 0 Å². The highest BCUT2D eigenvalue weighted by Crippen LogP contribution is 2.25. The van der Waals surface area contributed by atoms with E-state index in [1.165, 1.54) is 4.88 Å². The van der Waals surface area contributed by atoms with E-state index in [0.29, 0.717) is 19.5 Å². The Morgan fingerprint density at radius 2 is 1.78 bits per heavy atom. The Labute approximate surface area is 164 Å². The van der Waals surface area contributed by atoms with Gasteiger partial charge in [-0.25, -0.2) is 0 Å². The van der Waals surface area contributed by atoms with Crippen molar-refractivity contribution in [1.29, 1.82) is 0 Å². The van der Waals surface area contributed by atoms with Crippen LogP contribution in [0.4, 0.5) is 5.69 Å². The van der Waals surface area contributed by atoms with Crippen molar-refractivity contribution in [2.75, 3.05) is 37.6 Å². The van der Waals surface area contributed by atoms with E-state index in [-0.39, 0.29) is 17.9 Å². The first kappa shape index (κ1) is 18.2. The maximum atomic E-state index is 12.9. The zero-order chi connectivity index (χ0) is 18.8. The van der Waals surface area contributed by atoms with Crippen molar-refractivity contribution in [2.45, 2.75) is 25.8 Å². The van der Waals surface area contributed by atoms with Gasteiger partial charge >= 0.3 is 0 Å². The van der Waals surface area contributed by atoms with E-state index in [1.807, 2.05) is 46.2 Å². The maximum Gasteiger partial charge on any atom is 0.244 e. The molecule has 1 unspecified atom stereocenters. The van der Waals surface area contributed by atoms with Crippen molar-refractivity contribution in [1.82, 2.24) is 9.80 Å². The first-order valence-corrected chi connectivity index (χ1v) is 10.4. The zero-order valence-corrected chi connectivity index (χ0v) is 16.5. The molecule has 142 valence electrons. The lowest BCUT2D eigenvalue weighted by atomic mass is 10.1. The fraction of sp³-hybridized carbons (Fsp3) is 0.429. The van der Waals surface area contributed by atoms with E-state index in [9.17, 15) is 9.59 Å². The molecule has 5 nitrogen and oxygen atoms in total. The molecular formula is C21H25N3O2S. The van der Waals surface area contributed by atoms with Crippen molar-refractivity contribution in [3.8, 4) is 0 Å². The number of anilines is 1. The molecular weight excluding hydrogens is 358 g/mol. The minimum Gasteiger partial charge on any atom is -0.340 e. The van der Waals surface area contributed by atoms with Gasteiger partial charge in [0.1, 0.15) is 0 Å². The third-order valence-electron chi connectivity index (χ3n) is 5.47. The van der Waals surface area contributed by atoms with E-state index in [4.69, 9.17) is 0 Å². The molecule has 0 N–H and O–H groups in total. The summed E-state index contributed by atoms with van der Waals surface area (Å²) in [5.41, 5.74) is 0.977. The summed E-state index contributed by atoms with van der Waals surface area (Å²) in [7, 11) is 0. The molecule has 6 heteroatoms. The molecule has 1 aromatic carbocycles. The van der Waals surface area contributed by atoms with E-state index < -0.39 is 0 Å². The highest BCUT2D eigenvalue weighted by atomic mass is 32.1. The number of carbonyl (C=O) groups excluding carboxylic acids is 2. The molecule has 0 spiro atoms. The van der Waals surface area contributed by atoms with Crippen LogP contribution in [0.25, 0.3) is 0 Å². The van der Waals surface area contributed by atoms with Crippen molar-refractivity contribution < 1.29 is 9.59 Å². The third kappa shape index (κ3) is 3.92. The van der Waals surface area contributed by atoms with Gasteiger partial charge in [0.15, 0.2) is 0 Å². The SMILES string of the molecule is Cc1ccc(CC(=O)N2CCN(C3CCN(c4ccccc4)C3=O)CC2)s1. The van der Waals surface area contributed by atoms with Gasteiger partial charge < -0.3 is 9.80 Å². The lowest BCUT2D eigenvalue weighted by Crippen LogP contribution is -2.54. The summed E-state index contributed by atoms with van der Waals surface area (Å²) in [4.78, 5) is 33.9. The van der Waals surface area contributed by atoms with Gasteiger partial charge in [-0.3, -0.25) is 14.5 Å². The number of amides is 2. The number of piperazine rings is 1. The van der Waals surface area contributed by atoms with Crippen LogP contribution in [0.2, 0.25) is 0 Å². The lowest BCUT2D eigenvalue weighted by molar-refractivity contribution is -0.133. The fourth-order valence-electron chi connectivity index (χ4n) is 3.99. The predicted molar refractivity (Wildman–Crippen MR) is 108 cm³/mol. The summed E-state index contributed by atoms with van der Waals surface area (Å²) in [5.74, 6) is 0.384. The standard InChI is InChI=1S/C21H25N3O2S/c1-16-7-8-18(27-16)15-20(25)23-13-11-22(12-14-23)19-9-10-24(21(19)26)17-5-3-2-4-6-17/h2-8,19H,9-15H2,1H3. The van der Waals surface area contributed by atoms with Crippen LogP contribution in [0.1, 0.15) is 16.2 Å². The molecule has 0 saturated carbocycles. The largest absolute Gasteiger partial charge is 0.340 e. The molecule has 2 aliphatic heterocycles. The molecule has 1 aromatic heterocycles. The van der Waals surface area contributed by atoms with Crippen LogP contribution >= 0.6 is 11.3 Å². The second-order valence-corrected chi connectivity index (χ2v) is 8.61. The van der Waals surface area contributed by atoms with Crippen LogP contribution < -0.4 is 4.90 Å². The molecule has 2 aliphatic rings. The molecule has 2 amide bonds. The monoisotopic (exact) mass is 383 g/mol. The number of nitrogens with zero attached hydrogens (tertiary/aromatic N) is 3. The van der Waals surface area contributed by atoms with E-state index in [0.717, 1.165) is 36.6 Å². The van der Waals surface area contributed by atoms with Crippen LogP contribution in [0.15, 0.2) is 42.5 Å². The lowest BCUT2D eigenvalue weighted by Gasteiger charge is -2.37. The summed E-state index contributed by atoms with van der Waals surface area (Å²) < 4.78 is 0. The molecule has 0 radical (unpaired) electrons. The first-order chi connectivity index (χ1) is 13.1. The normalized spacial score (nSPS) is 21.1. The van der Waals surface area contributed by atoms with Gasteiger partial charge in [-0.15, -0.1) is 11.3 Å². The van der Waals surface area contributed by atoms with Crippen LogP contribution in [0.3, 0.4) is 0 Å². The average Bonchev–Trinajstić information content (AvgIpc) is 3.28. The summed E-state index contributed by atoms with van der Waals surface area (Å²) in [6, 6.07) is 13.9. The van der Waals surface area contributed by atoms with Crippen LogP contribution in [-0.2, 0) is 16.0 Å². The Morgan fingerprint density at radius 1 is 1.04 bits per heavy atom. The van der Waals surface area contributed by atoms with Gasteiger partial charge in [0.25, 0.3) is 0 Å². The summed E-state index contributed by atoms with van der Waals surface area (Å²) in [6.07, 6.45) is 1.35. The molecule has 0 bridgehead atoms. The molecule has 2 aromatic rings. The van der Waals surface area contributed by atoms with Gasteiger partial charge in [0.05, 0.1) is 12.5 Å². The van der Waals surface area contributed by atoms with Gasteiger partial charge in [0.2, 0.25) is 11.8 Å². The Hall–Kier alpha value is -2.18. The smallest absolute Gasteiger partial charge is 0.244 e. The van der Waals surface area contributed by atoms with E-state index in [1.54, 1.807) is 11.3 Å². The number of para-hydroxylation sites is 1. The minimum absolute atomic E-state index is 0.0533. The molecule has 2 saturated heterocycles. The van der Waals surface area contributed by atoms with Gasteiger partial charge in [0, 0.05) is 48.2 Å². The van der Waals surface area contributed by atoms with Gasteiger partial charge in [-0.05, 0) is 37.6 Å². The van der Waals surface area contributed by atoms with Crippen molar-refractivity contribution >= 4 is 28.8 Å². The Morgan fingerprint density at radius 3 is 2.44 bits per heavy atom. The van der Waals surface area contributed by atoms with E-state index >= 15 is 0 Å². The van der Waals surface area contributed by atoms with Gasteiger partial charge in [-0.1, -0.05) is 18.2 Å². The first-order valence-electron chi connectivity index (χ1n) is 9.55. The Bertz CT molecular complexity index is 812. The summed E-state index contributed by atoms with van der Waals surface area (Å²) in [6.45, 7) is 5.79. The molecule has 4 rings (SSSR count). The highest BCUT2D eigenvalue weighted by molar-refractivity contribution is 7.12. The quantitative estimate of drug-likeness (QED) is 0.815. The van der Waals surface area contributed by atoms with Crippen LogP contribution in [-0.4, -0.2) is 60.4 Å². The predicted octanol–water partition coefficient (Wildman–Crippen LogP) is 2.55. The molecule has 1 atom stereocenters. The van der Waals surface area contributed by atoms with E-state index in [2.05, 4.69) is 17.9 Å².